The number of nitrogens with zero attached hydrogens (tertiary/aromatic N) is 2. The number of aliphatic carboxylic acids is 1. The quantitative estimate of drug-likeness (QED) is 0.741. The fourth-order valence-electron chi connectivity index (χ4n) is 3.98. The highest BCUT2D eigenvalue weighted by Gasteiger charge is 2.57. The van der Waals surface area contributed by atoms with Crippen LogP contribution >= 0.6 is 0 Å². The molecule has 1 amide bonds. The smallest absolute Gasteiger partial charge is 0.313 e. The van der Waals surface area contributed by atoms with Crippen molar-refractivity contribution in [1.29, 1.82) is 0 Å². The molecule has 2 heterocycles. The van der Waals surface area contributed by atoms with E-state index < -0.39 is 21.4 Å². The average Bonchev–Trinajstić information content (AvgIpc) is 3.10. The second kappa shape index (κ2) is 6.64. The lowest BCUT2D eigenvalue weighted by Crippen LogP contribution is -2.41. The minimum Gasteiger partial charge on any atom is -0.481 e. The number of hydrogen-bond acceptors (Lipinski definition) is 5. The van der Waals surface area contributed by atoms with E-state index in [9.17, 15) is 23.1 Å². The van der Waals surface area contributed by atoms with E-state index in [1.807, 2.05) is 0 Å². The summed E-state index contributed by atoms with van der Waals surface area (Å²) < 4.78 is 25.8. The molecule has 8 nitrogen and oxygen atoms in total. The van der Waals surface area contributed by atoms with Gasteiger partial charge in [-0.2, -0.15) is 0 Å². The second-order valence-corrected chi connectivity index (χ2v) is 8.97. The Morgan fingerprint density at radius 3 is 2.38 bits per heavy atom. The summed E-state index contributed by atoms with van der Waals surface area (Å²) in [5, 5.41) is 9.77. The summed E-state index contributed by atoms with van der Waals surface area (Å²) >= 11 is 0. The van der Waals surface area contributed by atoms with Crippen molar-refractivity contribution >= 4 is 21.9 Å². The highest BCUT2D eigenvalue weighted by Crippen LogP contribution is 2.43. The van der Waals surface area contributed by atoms with Crippen LogP contribution in [0.4, 0.5) is 0 Å². The molecule has 0 saturated carbocycles. The first-order valence-corrected chi connectivity index (χ1v) is 9.90. The summed E-state index contributed by atoms with van der Waals surface area (Å²) in [6, 6.07) is 6.58. The van der Waals surface area contributed by atoms with Crippen LogP contribution in [0.15, 0.2) is 29.2 Å². The van der Waals surface area contributed by atoms with Crippen LogP contribution < -0.4 is 4.72 Å². The molecule has 26 heavy (non-hydrogen) atoms. The molecule has 2 N–H and O–H groups in total. The number of carboxylic acid groups (broad SMARTS) is 1. The molecule has 0 radical (unpaired) electrons. The predicted molar refractivity (Wildman–Crippen MR) is 93.8 cm³/mol. The Bertz CT molecular complexity index is 823. The van der Waals surface area contributed by atoms with Crippen molar-refractivity contribution in [1.82, 2.24) is 14.5 Å². The Balaban J connectivity index is 1.72. The van der Waals surface area contributed by atoms with E-state index in [1.165, 1.54) is 14.0 Å². The summed E-state index contributed by atoms with van der Waals surface area (Å²) in [5.74, 6) is -1.04. The Morgan fingerprint density at radius 2 is 1.88 bits per heavy atom. The van der Waals surface area contributed by atoms with E-state index in [0.717, 1.165) is 5.56 Å². The lowest BCUT2D eigenvalue weighted by atomic mass is 9.81. The molecular formula is C17H23N3O5S. The van der Waals surface area contributed by atoms with Gasteiger partial charge >= 0.3 is 5.97 Å². The molecular weight excluding hydrogens is 358 g/mol. The summed E-state index contributed by atoms with van der Waals surface area (Å²) in [5.41, 5.74) is 0.00477. The van der Waals surface area contributed by atoms with E-state index in [4.69, 9.17) is 0 Å². The van der Waals surface area contributed by atoms with Gasteiger partial charge in [0, 0.05) is 45.6 Å². The van der Waals surface area contributed by atoms with Crippen molar-refractivity contribution in [3.63, 3.8) is 0 Å². The first kappa shape index (κ1) is 18.8. The zero-order valence-electron chi connectivity index (χ0n) is 14.8. The molecule has 0 spiro atoms. The predicted octanol–water partition coefficient (Wildman–Crippen LogP) is -0.0404. The molecule has 0 aliphatic carbocycles. The van der Waals surface area contributed by atoms with E-state index in [0.29, 0.717) is 26.2 Å². The molecule has 9 heteroatoms. The summed E-state index contributed by atoms with van der Waals surface area (Å²) in [6.45, 7) is 3.72. The summed E-state index contributed by atoms with van der Waals surface area (Å²) in [4.78, 5) is 27.4. The lowest BCUT2D eigenvalue weighted by molar-refractivity contribution is -0.149. The van der Waals surface area contributed by atoms with Crippen molar-refractivity contribution < 1.29 is 23.1 Å². The Kier molecular flexibility index (Phi) is 4.80. The minimum atomic E-state index is -3.47. The average molecular weight is 381 g/mol. The molecule has 2 saturated heterocycles. The standard InChI is InChI=1S/C17H23N3O5S/c1-12(21)20-9-14-8-19(10-17(14,11-20)16(22)23)7-13-3-5-15(6-4-13)26(24,25)18-2/h3-6,14,18H,7-11H2,1-2H3,(H,22,23)/t14-,17-/m1/s1. The second-order valence-electron chi connectivity index (χ2n) is 7.08. The van der Waals surface area contributed by atoms with Crippen LogP contribution in [-0.4, -0.2) is 68.4 Å². The van der Waals surface area contributed by atoms with Gasteiger partial charge in [-0.05, 0) is 24.7 Å². The molecule has 2 fully saturated rings. The molecule has 3 rings (SSSR count). The Hall–Kier alpha value is -1.97. The largest absolute Gasteiger partial charge is 0.481 e. The fourth-order valence-corrected chi connectivity index (χ4v) is 4.71. The summed E-state index contributed by atoms with van der Waals surface area (Å²) in [7, 11) is -2.11. The minimum absolute atomic E-state index is 0.0899. The molecule has 2 atom stereocenters. The molecule has 142 valence electrons. The van der Waals surface area contributed by atoms with E-state index in [1.54, 1.807) is 29.2 Å². The van der Waals surface area contributed by atoms with Gasteiger partial charge in [-0.1, -0.05) is 12.1 Å². The van der Waals surface area contributed by atoms with Crippen LogP contribution in [-0.2, 0) is 26.2 Å². The Morgan fingerprint density at radius 1 is 1.23 bits per heavy atom. The number of sulfonamides is 1. The number of rotatable bonds is 5. The maximum Gasteiger partial charge on any atom is 0.313 e. The van der Waals surface area contributed by atoms with E-state index in [2.05, 4.69) is 9.62 Å². The number of benzene rings is 1. The maximum atomic E-state index is 11.9. The zero-order chi connectivity index (χ0) is 19.1. The van der Waals surface area contributed by atoms with Crippen molar-refractivity contribution in [3.05, 3.63) is 29.8 Å². The first-order valence-electron chi connectivity index (χ1n) is 8.42. The number of hydrogen-bond donors (Lipinski definition) is 2. The third kappa shape index (κ3) is 3.22. The van der Waals surface area contributed by atoms with Crippen molar-refractivity contribution in [2.75, 3.05) is 33.2 Å². The Labute approximate surface area is 152 Å². The monoisotopic (exact) mass is 381 g/mol. The normalized spacial score (nSPS) is 26.1. The highest BCUT2D eigenvalue weighted by atomic mass is 32.2. The van der Waals surface area contributed by atoms with Crippen LogP contribution in [0.3, 0.4) is 0 Å². The first-order chi connectivity index (χ1) is 12.2. The maximum absolute atomic E-state index is 11.9. The molecule has 0 aromatic heterocycles. The fraction of sp³-hybridized carbons (Fsp3) is 0.529. The van der Waals surface area contributed by atoms with Gasteiger partial charge in [0.05, 0.1) is 4.90 Å². The number of nitrogens with one attached hydrogen (secondary N) is 1. The van der Waals surface area contributed by atoms with Gasteiger partial charge in [-0.15, -0.1) is 0 Å². The van der Waals surface area contributed by atoms with Crippen LogP contribution in [0, 0.1) is 11.3 Å². The van der Waals surface area contributed by atoms with Crippen molar-refractivity contribution in [3.8, 4) is 0 Å². The number of carbonyl (C=O) groups excluding carboxylic acids is 1. The van der Waals surface area contributed by atoms with Crippen LogP contribution in [0.1, 0.15) is 12.5 Å². The van der Waals surface area contributed by atoms with Gasteiger partial charge in [0.2, 0.25) is 15.9 Å². The molecule has 0 unspecified atom stereocenters. The van der Waals surface area contributed by atoms with Crippen LogP contribution in [0.25, 0.3) is 0 Å². The number of fused-ring (bicyclic) bond motifs is 1. The van der Waals surface area contributed by atoms with Crippen molar-refractivity contribution in [2.45, 2.75) is 18.4 Å². The SMILES string of the molecule is CNS(=O)(=O)c1ccc(CN2C[C@@H]3CN(C(C)=O)C[C@]3(C(=O)O)C2)cc1. The summed E-state index contributed by atoms with van der Waals surface area (Å²) in [6.07, 6.45) is 0. The zero-order valence-corrected chi connectivity index (χ0v) is 15.6. The topological polar surface area (TPSA) is 107 Å². The molecule has 1 aromatic rings. The number of carboxylic acids is 1. The number of amides is 1. The molecule has 0 bridgehead atoms. The third-order valence-corrected chi connectivity index (χ3v) is 6.89. The van der Waals surface area contributed by atoms with Gasteiger partial charge in [-0.3, -0.25) is 14.5 Å². The molecule has 2 aliphatic rings. The van der Waals surface area contributed by atoms with Gasteiger partial charge in [0.25, 0.3) is 0 Å². The third-order valence-electron chi connectivity index (χ3n) is 5.46. The molecule has 2 aliphatic heterocycles. The van der Waals surface area contributed by atoms with Gasteiger partial charge in [-0.25, -0.2) is 13.1 Å². The van der Waals surface area contributed by atoms with Crippen LogP contribution in [0.2, 0.25) is 0 Å². The van der Waals surface area contributed by atoms with E-state index in [-0.39, 0.29) is 23.3 Å². The highest BCUT2D eigenvalue weighted by molar-refractivity contribution is 7.89. The van der Waals surface area contributed by atoms with Gasteiger partial charge < -0.3 is 10.0 Å². The van der Waals surface area contributed by atoms with E-state index >= 15 is 0 Å². The molecule has 1 aromatic carbocycles. The van der Waals surface area contributed by atoms with Crippen LogP contribution in [0.5, 0.6) is 0 Å². The number of carbonyl (C=O) groups is 2. The van der Waals surface area contributed by atoms with Crippen molar-refractivity contribution in [2.24, 2.45) is 11.3 Å². The number of likely N-dealkylation sites (tertiary alicyclic amines) is 2. The lowest BCUT2D eigenvalue weighted by Gasteiger charge is -2.25. The van der Waals surface area contributed by atoms with Gasteiger partial charge in [0.15, 0.2) is 0 Å². The van der Waals surface area contributed by atoms with Gasteiger partial charge in [0.1, 0.15) is 5.41 Å².